The Kier molecular flexibility index (Phi) is 3.12. The number of nitrogens with zero attached hydrogens (tertiary/aromatic N) is 2. The first kappa shape index (κ1) is 10.0. The maximum absolute atomic E-state index is 2.59. The molecule has 2 heteroatoms. The molecule has 1 aliphatic carbocycles. The van der Waals surface area contributed by atoms with E-state index in [1.165, 1.54) is 45.4 Å². The lowest BCUT2D eigenvalue weighted by Gasteiger charge is -2.38. The lowest BCUT2D eigenvalue weighted by Crippen LogP contribution is -2.48. The minimum absolute atomic E-state index is 0.717. The van der Waals surface area contributed by atoms with Gasteiger partial charge in [0.2, 0.25) is 0 Å². The molecule has 2 aliphatic rings. The van der Waals surface area contributed by atoms with Crippen molar-refractivity contribution < 1.29 is 0 Å². The maximum atomic E-state index is 2.59. The second-order valence-electron chi connectivity index (χ2n) is 4.70. The van der Waals surface area contributed by atoms with Crippen LogP contribution < -0.4 is 0 Å². The topological polar surface area (TPSA) is 6.48 Å². The van der Waals surface area contributed by atoms with E-state index in [9.17, 15) is 0 Å². The third-order valence-electron chi connectivity index (χ3n) is 3.47. The van der Waals surface area contributed by atoms with Gasteiger partial charge in [-0.05, 0) is 33.1 Å². The van der Waals surface area contributed by atoms with Gasteiger partial charge in [-0.25, -0.2) is 0 Å². The Morgan fingerprint density at radius 3 is 2.36 bits per heavy atom. The predicted octanol–water partition coefficient (Wildman–Crippen LogP) is 2.08. The molecule has 0 aromatic rings. The molecule has 1 fully saturated rings. The summed E-state index contributed by atoms with van der Waals surface area (Å²) in [6.07, 6.45) is 6.44. The molecule has 1 heterocycles. The van der Waals surface area contributed by atoms with Crippen LogP contribution in [0.1, 0.15) is 33.1 Å². The van der Waals surface area contributed by atoms with Crippen LogP contribution >= 0.6 is 0 Å². The maximum Gasteiger partial charge on any atom is 0.0303 e. The van der Waals surface area contributed by atoms with Crippen molar-refractivity contribution in [2.45, 2.75) is 39.2 Å². The Labute approximate surface area is 87.6 Å². The average molecular weight is 194 g/mol. The van der Waals surface area contributed by atoms with Crippen LogP contribution in [0.25, 0.3) is 0 Å². The van der Waals surface area contributed by atoms with Gasteiger partial charge in [0.15, 0.2) is 0 Å². The number of allylic oxidation sites excluding steroid dienone is 2. The molecule has 0 saturated carbocycles. The highest BCUT2D eigenvalue weighted by Crippen LogP contribution is 2.22. The summed E-state index contributed by atoms with van der Waals surface area (Å²) in [6.45, 7) is 9.56. The van der Waals surface area contributed by atoms with Gasteiger partial charge < -0.3 is 4.90 Å². The summed E-state index contributed by atoms with van der Waals surface area (Å²) in [5, 5.41) is 0. The smallest absolute Gasteiger partial charge is 0.0303 e. The molecule has 2 nitrogen and oxygen atoms in total. The van der Waals surface area contributed by atoms with Crippen LogP contribution in [-0.4, -0.2) is 42.0 Å². The number of piperazine rings is 1. The lowest BCUT2D eigenvalue weighted by molar-refractivity contribution is 0.128. The summed E-state index contributed by atoms with van der Waals surface area (Å²) < 4.78 is 0. The molecular weight excluding hydrogens is 172 g/mol. The lowest BCUT2D eigenvalue weighted by atomic mass is 10.2. The van der Waals surface area contributed by atoms with Gasteiger partial charge in [-0.15, -0.1) is 0 Å². The highest BCUT2D eigenvalue weighted by molar-refractivity contribution is 5.07. The first-order valence-electron chi connectivity index (χ1n) is 5.95. The number of rotatable bonds is 2. The summed E-state index contributed by atoms with van der Waals surface area (Å²) in [7, 11) is 0. The Bertz CT molecular complexity index is 212. The van der Waals surface area contributed by atoms with Crippen LogP contribution in [-0.2, 0) is 0 Å². The van der Waals surface area contributed by atoms with Crippen molar-refractivity contribution in [3.63, 3.8) is 0 Å². The normalized spacial score (nSPS) is 24.5. The second-order valence-corrected chi connectivity index (χ2v) is 4.70. The first-order valence-corrected chi connectivity index (χ1v) is 5.95. The summed E-state index contributed by atoms with van der Waals surface area (Å²) >= 11 is 0. The van der Waals surface area contributed by atoms with Crippen molar-refractivity contribution >= 4 is 0 Å². The van der Waals surface area contributed by atoms with Gasteiger partial charge in [-0.1, -0.05) is 6.08 Å². The molecule has 1 aliphatic heterocycles. The zero-order valence-electron chi connectivity index (χ0n) is 9.50. The Morgan fingerprint density at radius 1 is 1.14 bits per heavy atom. The van der Waals surface area contributed by atoms with E-state index in [4.69, 9.17) is 0 Å². The van der Waals surface area contributed by atoms with Crippen molar-refractivity contribution in [1.29, 1.82) is 0 Å². The largest absolute Gasteiger partial charge is 0.373 e. The summed E-state index contributed by atoms with van der Waals surface area (Å²) in [5.74, 6) is 0. The van der Waals surface area contributed by atoms with Crippen molar-refractivity contribution in [1.82, 2.24) is 9.80 Å². The molecule has 0 aromatic carbocycles. The van der Waals surface area contributed by atoms with Gasteiger partial charge in [0, 0.05) is 37.9 Å². The van der Waals surface area contributed by atoms with Crippen LogP contribution in [0, 0.1) is 0 Å². The van der Waals surface area contributed by atoms with Crippen molar-refractivity contribution in [2.24, 2.45) is 0 Å². The molecule has 14 heavy (non-hydrogen) atoms. The molecule has 0 spiro atoms. The Hall–Kier alpha value is -0.500. The predicted molar refractivity (Wildman–Crippen MR) is 60.2 cm³/mol. The number of hydrogen-bond acceptors (Lipinski definition) is 2. The highest BCUT2D eigenvalue weighted by atomic mass is 15.3. The van der Waals surface area contributed by atoms with Gasteiger partial charge in [-0.3, -0.25) is 4.90 Å². The van der Waals surface area contributed by atoms with Crippen molar-refractivity contribution in [3.05, 3.63) is 11.8 Å². The standard InChI is InChI=1S/C12H22N2/c1-11(2)13-7-9-14(10-8-13)12-5-3-4-6-12/h5,11H,3-4,6-10H2,1-2H3. The van der Waals surface area contributed by atoms with E-state index in [-0.39, 0.29) is 0 Å². The van der Waals surface area contributed by atoms with Crippen LogP contribution in [0.2, 0.25) is 0 Å². The quantitative estimate of drug-likeness (QED) is 0.664. The van der Waals surface area contributed by atoms with E-state index >= 15 is 0 Å². The van der Waals surface area contributed by atoms with E-state index in [1.807, 2.05) is 0 Å². The van der Waals surface area contributed by atoms with E-state index in [0.717, 1.165) is 6.04 Å². The molecule has 2 rings (SSSR count). The van der Waals surface area contributed by atoms with E-state index in [0.29, 0.717) is 0 Å². The molecule has 0 bridgehead atoms. The van der Waals surface area contributed by atoms with Gasteiger partial charge in [0.1, 0.15) is 0 Å². The number of hydrogen-bond donors (Lipinski definition) is 0. The molecule has 0 amide bonds. The van der Waals surface area contributed by atoms with Gasteiger partial charge >= 0.3 is 0 Å². The summed E-state index contributed by atoms with van der Waals surface area (Å²) in [4.78, 5) is 5.16. The second kappa shape index (κ2) is 4.35. The zero-order valence-corrected chi connectivity index (χ0v) is 9.50. The van der Waals surface area contributed by atoms with E-state index < -0.39 is 0 Å². The third kappa shape index (κ3) is 2.11. The van der Waals surface area contributed by atoms with Crippen LogP contribution in [0.4, 0.5) is 0 Å². The summed E-state index contributed by atoms with van der Waals surface area (Å²) in [5.41, 5.74) is 1.62. The molecule has 0 unspecified atom stereocenters. The van der Waals surface area contributed by atoms with Gasteiger partial charge in [-0.2, -0.15) is 0 Å². The molecular formula is C12H22N2. The fourth-order valence-electron chi connectivity index (χ4n) is 2.47. The monoisotopic (exact) mass is 194 g/mol. The fourth-order valence-corrected chi connectivity index (χ4v) is 2.47. The zero-order chi connectivity index (χ0) is 9.97. The minimum Gasteiger partial charge on any atom is -0.373 e. The highest BCUT2D eigenvalue weighted by Gasteiger charge is 2.20. The molecule has 0 atom stereocenters. The van der Waals surface area contributed by atoms with Crippen molar-refractivity contribution in [2.75, 3.05) is 26.2 Å². The van der Waals surface area contributed by atoms with Crippen LogP contribution in [0.15, 0.2) is 11.8 Å². The fraction of sp³-hybridized carbons (Fsp3) is 0.833. The van der Waals surface area contributed by atoms with E-state index in [1.54, 1.807) is 5.70 Å². The molecule has 1 saturated heterocycles. The average Bonchev–Trinajstić information content (AvgIpc) is 2.71. The molecule has 0 radical (unpaired) electrons. The van der Waals surface area contributed by atoms with E-state index in [2.05, 4.69) is 29.7 Å². The van der Waals surface area contributed by atoms with Crippen LogP contribution in [0.5, 0.6) is 0 Å². The first-order chi connectivity index (χ1) is 6.77. The molecule has 80 valence electrons. The molecule has 0 N–H and O–H groups in total. The van der Waals surface area contributed by atoms with Gasteiger partial charge in [0.05, 0.1) is 0 Å². The Morgan fingerprint density at radius 2 is 1.86 bits per heavy atom. The molecule has 0 aromatic heterocycles. The Balaban J connectivity index is 1.83. The third-order valence-corrected chi connectivity index (χ3v) is 3.47. The summed E-state index contributed by atoms with van der Waals surface area (Å²) in [6, 6.07) is 0.717. The van der Waals surface area contributed by atoms with Gasteiger partial charge in [0.25, 0.3) is 0 Å². The van der Waals surface area contributed by atoms with Crippen molar-refractivity contribution in [3.8, 4) is 0 Å². The minimum atomic E-state index is 0.717. The SMILES string of the molecule is CC(C)N1CCN(C2=CCCC2)CC1. The van der Waals surface area contributed by atoms with Crippen LogP contribution in [0.3, 0.4) is 0 Å².